The van der Waals surface area contributed by atoms with E-state index in [4.69, 9.17) is 4.74 Å². The fourth-order valence-electron chi connectivity index (χ4n) is 3.89. The number of carbonyl (C=O) groups excluding carboxylic acids is 1. The summed E-state index contributed by atoms with van der Waals surface area (Å²) < 4.78 is 48.1. The summed E-state index contributed by atoms with van der Waals surface area (Å²) in [5.41, 5.74) is 1.36. The first-order chi connectivity index (χ1) is 14.6. The van der Waals surface area contributed by atoms with Crippen molar-refractivity contribution in [3.63, 3.8) is 0 Å². The second-order valence-electron chi connectivity index (χ2n) is 8.18. The van der Waals surface area contributed by atoms with E-state index in [9.17, 15) is 18.0 Å². The first-order valence-electron chi connectivity index (χ1n) is 9.98. The van der Waals surface area contributed by atoms with E-state index in [1.165, 1.54) is 18.2 Å². The Morgan fingerprint density at radius 3 is 2.52 bits per heavy atom. The van der Waals surface area contributed by atoms with Gasteiger partial charge in [-0.25, -0.2) is 0 Å². The standard InChI is InChI=1S/C23H23F3N2O3/c1-22(2)13-19(18-12-17(30-23(24,25)26)8-9-20(18)31-22)28-11-10-27(15-21(28)29)14-16-6-4-3-5-7-16/h3-9,12-13H,10-11,14-15H2,1-2H3. The molecule has 31 heavy (non-hydrogen) atoms. The molecule has 0 unspecified atom stereocenters. The van der Waals surface area contributed by atoms with Gasteiger partial charge in [0.05, 0.1) is 12.2 Å². The molecule has 0 aromatic heterocycles. The molecule has 0 atom stereocenters. The van der Waals surface area contributed by atoms with E-state index >= 15 is 0 Å². The Morgan fingerprint density at radius 2 is 1.84 bits per heavy atom. The molecule has 0 radical (unpaired) electrons. The van der Waals surface area contributed by atoms with Crippen molar-refractivity contribution in [2.24, 2.45) is 0 Å². The molecular formula is C23H23F3N2O3. The molecule has 0 N–H and O–H groups in total. The molecule has 5 nitrogen and oxygen atoms in total. The molecule has 0 aliphatic carbocycles. The molecule has 1 fully saturated rings. The number of ether oxygens (including phenoxy) is 2. The van der Waals surface area contributed by atoms with Crippen LogP contribution in [0.25, 0.3) is 5.70 Å². The van der Waals surface area contributed by atoms with Crippen molar-refractivity contribution in [1.29, 1.82) is 0 Å². The van der Waals surface area contributed by atoms with Gasteiger partial charge in [0.15, 0.2) is 0 Å². The molecule has 0 spiro atoms. The van der Waals surface area contributed by atoms with Crippen LogP contribution in [0.2, 0.25) is 0 Å². The summed E-state index contributed by atoms with van der Waals surface area (Å²) in [6.45, 7) is 5.64. The molecule has 1 amide bonds. The van der Waals surface area contributed by atoms with Crippen LogP contribution in [0.1, 0.15) is 25.0 Å². The maximum atomic E-state index is 13.0. The fourth-order valence-corrected chi connectivity index (χ4v) is 3.89. The van der Waals surface area contributed by atoms with Gasteiger partial charge in [0.2, 0.25) is 5.91 Å². The molecule has 0 bridgehead atoms. The number of fused-ring (bicyclic) bond motifs is 1. The average Bonchev–Trinajstić information content (AvgIpc) is 2.67. The van der Waals surface area contributed by atoms with Gasteiger partial charge >= 0.3 is 6.36 Å². The van der Waals surface area contributed by atoms with Gasteiger partial charge in [-0.2, -0.15) is 0 Å². The number of nitrogens with zero attached hydrogens (tertiary/aromatic N) is 2. The minimum Gasteiger partial charge on any atom is -0.483 e. The molecule has 8 heteroatoms. The summed E-state index contributed by atoms with van der Waals surface area (Å²) in [6.07, 6.45) is -3.02. The third-order valence-corrected chi connectivity index (χ3v) is 5.16. The maximum Gasteiger partial charge on any atom is 0.573 e. The van der Waals surface area contributed by atoms with E-state index < -0.39 is 12.0 Å². The lowest BCUT2D eigenvalue weighted by Crippen LogP contribution is -2.49. The van der Waals surface area contributed by atoms with Gasteiger partial charge in [0, 0.05) is 25.2 Å². The van der Waals surface area contributed by atoms with Gasteiger partial charge in [-0.15, -0.1) is 13.2 Å². The van der Waals surface area contributed by atoms with E-state index in [1.807, 2.05) is 44.2 Å². The normalized spacial score (nSPS) is 18.8. The van der Waals surface area contributed by atoms with Crippen LogP contribution in [0.4, 0.5) is 13.2 Å². The number of piperazine rings is 1. The highest BCUT2D eigenvalue weighted by Gasteiger charge is 2.36. The van der Waals surface area contributed by atoms with Gasteiger partial charge in [-0.1, -0.05) is 30.3 Å². The molecular weight excluding hydrogens is 409 g/mol. The van der Waals surface area contributed by atoms with Crippen LogP contribution < -0.4 is 9.47 Å². The van der Waals surface area contributed by atoms with E-state index in [2.05, 4.69) is 9.64 Å². The molecule has 2 aliphatic rings. The second kappa shape index (κ2) is 7.92. The molecule has 2 heterocycles. The summed E-state index contributed by atoms with van der Waals surface area (Å²) in [6, 6.07) is 13.8. The van der Waals surface area contributed by atoms with Crippen LogP contribution in [-0.4, -0.2) is 47.3 Å². The largest absolute Gasteiger partial charge is 0.573 e. The lowest BCUT2D eigenvalue weighted by Gasteiger charge is -2.39. The predicted molar refractivity (Wildman–Crippen MR) is 109 cm³/mol. The molecule has 1 saturated heterocycles. The molecule has 2 aromatic rings. The highest BCUT2D eigenvalue weighted by Crippen LogP contribution is 2.41. The number of hydrogen-bond donors (Lipinski definition) is 0. The Kier molecular flexibility index (Phi) is 5.43. The number of halogens is 3. The van der Waals surface area contributed by atoms with Crippen molar-refractivity contribution in [1.82, 2.24) is 9.80 Å². The number of alkyl halides is 3. The summed E-state index contributed by atoms with van der Waals surface area (Å²) in [4.78, 5) is 16.7. The van der Waals surface area contributed by atoms with Crippen LogP contribution in [0.5, 0.6) is 11.5 Å². The summed E-state index contributed by atoms with van der Waals surface area (Å²) >= 11 is 0. The first kappa shape index (κ1) is 21.2. The van der Waals surface area contributed by atoms with Crippen molar-refractivity contribution in [3.05, 3.63) is 65.7 Å². The smallest absolute Gasteiger partial charge is 0.483 e. The topological polar surface area (TPSA) is 42.0 Å². The van der Waals surface area contributed by atoms with Gasteiger partial charge in [-0.05, 0) is 43.7 Å². The number of rotatable bonds is 4. The highest BCUT2D eigenvalue weighted by molar-refractivity contribution is 5.90. The quantitative estimate of drug-likeness (QED) is 0.717. The lowest BCUT2D eigenvalue weighted by atomic mass is 9.97. The van der Waals surface area contributed by atoms with Crippen LogP contribution in [0.15, 0.2) is 54.6 Å². The number of hydrogen-bond acceptors (Lipinski definition) is 4. The Bertz CT molecular complexity index is 1000. The lowest BCUT2D eigenvalue weighted by molar-refractivity contribution is -0.274. The fraction of sp³-hybridized carbons (Fsp3) is 0.348. The zero-order chi connectivity index (χ0) is 22.2. The zero-order valence-corrected chi connectivity index (χ0v) is 17.3. The SMILES string of the molecule is CC1(C)C=C(N2CCN(Cc3ccccc3)CC2=O)c2cc(OC(F)(F)F)ccc2O1. The van der Waals surface area contributed by atoms with Crippen molar-refractivity contribution in [2.75, 3.05) is 19.6 Å². The number of carbonyl (C=O) groups is 1. The van der Waals surface area contributed by atoms with Crippen molar-refractivity contribution in [3.8, 4) is 11.5 Å². The molecule has 2 aliphatic heterocycles. The summed E-state index contributed by atoms with van der Waals surface area (Å²) in [5, 5.41) is 0. The van der Waals surface area contributed by atoms with Gasteiger partial charge < -0.3 is 14.4 Å². The third-order valence-electron chi connectivity index (χ3n) is 5.16. The van der Waals surface area contributed by atoms with E-state index in [1.54, 1.807) is 11.0 Å². The predicted octanol–water partition coefficient (Wildman–Crippen LogP) is 4.44. The molecule has 2 aromatic carbocycles. The zero-order valence-electron chi connectivity index (χ0n) is 17.3. The van der Waals surface area contributed by atoms with Gasteiger partial charge in [0.1, 0.15) is 17.1 Å². The minimum atomic E-state index is -4.80. The van der Waals surface area contributed by atoms with Crippen molar-refractivity contribution < 1.29 is 27.4 Å². The highest BCUT2D eigenvalue weighted by atomic mass is 19.4. The monoisotopic (exact) mass is 432 g/mol. The average molecular weight is 432 g/mol. The minimum absolute atomic E-state index is 0.112. The summed E-state index contributed by atoms with van der Waals surface area (Å²) in [5.74, 6) is -0.0496. The molecule has 164 valence electrons. The van der Waals surface area contributed by atoms with Gasteiger partial charge in [0.25, 0.3) is 0 Å². The van der Waals surface area contributed by atoms with Crippen LogP contribution in [0.3, 0.4) is 0 Å². The van der Waals surface area contributed by atoms with E-state index in [-0.39, 0.29) is 18.2 Å². The van der Waals surface area contributed by atoms with Crippen molar-refractivity contribution in [2.45, 2.75) is 32.4 Å². The van der Waals surface area contributed by atoms with Crippen LogP contribution >= 0.6 is 0 Å². The number of amides is 1. The Morgan fingerprint density at radius 1 is 1.10 bits per heavy atom. The third kappa shape index (κ3) is 5.02. The van der Waals surface area contributed by atoms with Crippen LogP contribution in [0, 0.1) is 0 Å². The van der Waals surface area contributed by atoms with Gasteiger partial charge in [-0.3, -0.25) is 9.69 Å². The Hall–Kier alpha value is -3.00. The van der Waals surface area contributed by atoms with Crippen LogP contribution in [-0.2, 0) is 11.3 Å². The molecule has 4 rings (SSSR count). The van der Waals surface area contributed by atoms with E-state index in [0.29, 0.717) is 36.6 Å². The Balaban J connectivity index is 1.58. The number of benzene rings is 2. The van der Waals surface area contributed by atoms with E-state index in [0.717, 1.165) is 5.56 Å². The second-order valence-corrected chi connectivity index (χ2v) is 8.18. The molecule has 0 saturated carbocycles. The summed E-state index contributed by atoms with van der Waals surface area (Å²) in [7, 11) is 0. The van der Waals surface area contributed by atoms with Crippen molar-refractivity contribution >= 4 is 11.6 Å². The maximum absolute atomic E-state index is 13.0. The Labute approximate surface area is 178 Å². The first-order valence-corrected chi connectivity index (χ1v) is 9.98.